The minimum Gasteiger partial charge on any atom is -0.353 e. The van der Waals surface area contributed by atoms with Crippen LogP contribution in [0.15, 0.2) is 0 Å². The summed E-state index contributed by atoms with van der Waals surface area (Å²) in [6.07, 6.45) is 6.03. The summed E-state index contributed by atoms with van der Waals surface area (Å²) < 4.78 is 1.80. The Kier molecular flexibility index (Phi) is 5.82. The molecule has 0 spiro atoms. The lowest BCUT2D eigenvalue weighted by Crippen LogP contribution is -2.37. The molecule has 1 aliphatic carbocycles. The number of hydrogen-bond donors (Lipinski definition) is 1. The van der Waals surface area contributed by atoms with Gasteiger partial charge in [0.1, 0.15) is 0 Å². The van der Waals surface area contributed by atoms with E-state index in [0.29, 0.717) is 17.5 Å². The molecular formula is C13H23N5OS. The summed E-state index contributed by atoms with van der Waals surface area (Å²) in [5.41, 5.74) is 0. The molecule has 0 atom stereocenters. The van der Waals surface area contributed by atoms with Crippen LogP contribution in [0.4, 0.5) is 0 Å². The number of aromatic nitrogens is 4. The van der Waals surface area contributed by atoms with Crippen molar-refractivity contribution in [1.29, 1.82) is 0 Å². The zero-order valence-corrected chi connectivity index (χ0v) is 13.0. The second-order valence-corrected chi connectivity index (χ2v) is 6.51. The molecule has 0 aliphatic heterocycles. The van der Waals surface area contributed by atoms with E-state index < -0.39 is 0 Å². The van der Waals surface area contributed by atoms with E-state index >= 15 is 0 Å². The van der Waals surface area contributed by atoms with Gasteiger partial charge in [-0.15, -0.1) is 16.9 Å². The fourth-order valence-corrected chi connectivity index (χ4v) is 3.20. The molecule has 112 valence electrons. The van der Waals surface area contributed by atoms with E-state index in [0.717, 1.165) is 18.7 Å². The van der Waals surface area contributed by atoms with Crippen molar-refractivity contribution in [2.45, 2.75) is 63.8 Å². The van der Waals surface area contributed by atoms with Gasteiger partial charge in [0, 0.05) is 6.04 Å². The highest BCUT2D eigenvalue weighted by molar-refractivity contribution is 7.99. The third-order valence-electron chi connectivity index (χ3n) is 3.48. The average molecular weight is 297 g/mol. The molecule has 0 aromatic carbocycles. The maximum absolute atomic E-state index is 11.9. The Hall–Kier alpha value is -1.11. The smallest absolute Gasteiger partial charge is 0.230 e. The van der Waals surface area contributed by atoms with Crippen LogP contribution in [0.1, 0.15) is 57.8 Å². The van der Waals surface area contributed by atoms with Crippen molar-refractivity contribution >= 4 is 17.7 Å². The van der Waals surface area contributed by atoms with Crippen LogP contribution < -0.4 is 5.32 Å². The normalized spacial score (nSPS) is 16.6. The number of rotatable bonds is 6. The Morgan fingerprint density at radius 3 is 2.85 bits per heavy atom. The average Bonchev–Trinajstić information content (AvgIpc) is 2.88. The summed E-state index contributed by atoms with van der Waals surface area (Å²) in [4.78, 5) is 11.9. The van der Waals surface area contributed by atoms with Crippen molar-refractivity contribution < 1.29 is 4.79 Å². The summed E-state index contributed by atoms with van der Waals surface area (Å²) in [6.45, 7) is 4.08. The second-order valence-electron chi connectivity index (χ2n) is 5.53. The number of carbonyl (C=O) groups is 1. The minimum absolute atomic E-state index is 0.130. The molecule has 0 bridgehead atoms. The number of carbonyl (C=O) groups excluding carboxylic acids is 1. The number of amides is 1. The number of tetrazole rings is 1. The first-order chi connectivity index (χ1) is 9.66. The van der Waals surface area contributed by atoms with Gasteiger partial charge < -0.3 is 5.32 Å². The summed E-state index contributed by atoms with van der Waals surface area (Å²) in [5.74, 6) is 2.10. The SMILES string of the molecule is CC(C)n1nnnc1CSCC(=O)NC1CCCCC1. The van der Waals surface area contributed by atoms with Gasteiger partial charge in [0.15, 0.2) is 5.82 Å². The largest absolute Gasteiger partial charge is 0.353 e. The first-order valence-corrected chi connectivity index (χ1v) is 8.46. The molecule has 0 radical (unpaired) electrons. The van der Waals surface area contributed by atoms with E-state index in [-0.39, 0.29) is 11.9 Å². The molecule has 1 saturated carbocycles. The molecule has 1 amide bonds. The van der Waals surface area contributed by atoms with Gasteiger partial charge in [-0.1, -0.05) is 19.3 Å². The molecule has 7 heteroatoms. The Labute approximate surface area is 124 Å². The highest BCUT2D eigenvalue weighted by Gasteiger charge is 2.16. The monoisotopic (exact) mass is 297 g/mol. The standard InChI is InChI=1S/C13H23N5OS/c1-10(2)18-12(15-16-17-18)8-20-9-13(19)14-11-6-4-3-5-7-11/h10-11H,3-9H2,1-2H3,(H,14,19). The summed E-state index contributed by atoms with van der Waals surface area (Å²) in [6, 6.07) is 0.634. The summed E-state index contributed by atoms with van der Waals surface area (Å²) >= 11 is 1.56. The highest BCUT2D eigenvalue weighted by atomic mass is 32.2. The lowest BCUT2D eigenvalue weighted by atomic mass is 9.95. The highest BCUT2D eigenvalue weighted by Crippen LogP contribution is 2.18. The van der Waals surface area contributed by atoms with E-state index in [2.05, 4.69) is 20.8 Å². The van der Waals surface area contributed by atoms with Crippen molar-refractivity contribution in [2.75, 3.05) is 5.75 Å². The molecule has 20 heavy (non-hydrogen) atoms. The number of hydrogen-bond acceptors (Lipinski definition) is 5. The maximum Gasteiger partial charge on any atom is 0.230 e. The Morgan fingerprint density at radius 1 is 1.40 bits per heavy atom. The first-order valence-electron chi connectivity index (χ1n) is 7.30. The Bertz CT molecular complexity index is 428. The molecule has 1 aliphatic rings. The molecule has 1 N–H and O–H groups in total. The van der Waals surface area contributed by atoms with Gasteiger partial charge in [-0.2, -0.15) is 0 Å². The van der Waals surface area contributed by atoms with Crippen molar-refractivity contribution in [3.8, 4) is 0 Å². The van der Waals surface area contributed by atoms with Gasteiger partial charge >= 0.3 is 0 Å². The van der Waals surface area contributed by atoms with E-state index in [1.165, 1.54) is 19.3 Å². The second kappa shape index (κ2) is 7.61. The fourth-order valence-electron chi connectivity index (χ4n) is 2.46. The fraction of sp³-hybridized carbons (Fsp3) is 0.846. The molecule has 2 rings (SSSR count). The maximum atomic E-state index is 11.9. The van der Waals surface area contributed by atoms with Gasteiger partial charge in [0.25, 0.3) is 0 Å². The molecule has 1 fully saturated rings. The minimum atomic E-state index is 0.130. The van der Waals surface area contributed by atoms with Gasteiger partial charge in [0.05, 0.1) is 17.5 Å². The lowest BCUT2D eigenvalue weighted by molar-refractivity contribution is -0.119. The van der Waals surface area contributed by atoms with Gasteiger partial charge in [-0.3, -0.25) is 4.79 Å². The van der Waals surface area contributed by atoms with Gasteiger partial charge in [-0.05, 0) is 37.1 Å². The molecule has 0 unspecified atom stereocenters. The Morgan fingerprint density at radius 2 is 2.15 bits per heavy atom. The quantitative estimate of drug-likeness (QED) is 0.868. The lowest BCUT2D eigenvalue weighted by Gasteiger charge is -2.22. The molecule has 6 nitrogen and oxygen atoms in total. The number of nitrogens with zero attached hydrogens (tertiary/aromatic N) is 4. The van der Waals surface area contributed by atoms with E-state index in [4.69, 9.17) is 0 Å². The van der Waals surface area contributed by atoms with Gasteiger partial charge in [-0.25, -0.2) is 4.68 Å². The Balaban J connectivity index is 1.69. The number of thioether (sulfide) groups is 1. The van der Waals surface area contributed by atoms with Crippen LogP contribution in [0.5, 0.6) is 0 Å². The van der Waals surface area contributed by atoms with Crippen LogP contribution in [0.25, 0.3) is 0 Å². The van der Waals surface area contributed by atoms with Crippen molar-refractivity contribution in [3.63, 3.8) is 0 Å². The third-order valence-corrected chi connectivity index (χ3v) is 4.41. The number of nitrogens with one attached hydrogen (secondary N) is 1. The summed E-state index contributed by atoms with van der Waals surface area (Å²) in [7, 11) is 0. The van der Waals surface area contributed by atoms with Crippen LogP contribution in [0, 0.1) is 0 Å². The molecular weight excluding hydrogens is 274 g/mol. The molecule has 0 saturated heterocycles. The van der Waals surface area contributed by atoms with Gasteiger partial charge in [0.2, 0.25) is 5.91 Å². The van der Waals surface area contributed by atoms with Crippen LogP contribution in [0.2, 0.25) is 0 Å². The summed E-state index contributed by atoms with van der Waals surface area (Å²) in [5, 5.41) is 14.7. The molecule has 1 aromatic rings. The van der Waals surface area contributed by atoms with Crippen LogP contribution >= 0.6 is 11.8 Å². The van der Waals surface area contributed by atoms with Crippen molar-refractivity contribution in [1.82, 2.24) is 25.5 Å². The van der Waals surface area contributed by atoms with E-state index in [1.54, 1.807) is 16.4 Å². The van der Waals surface area contributed by atoms with Crippen molar-refractivity contribution in [3.05, 3.63) is 5.82 Å². The van der Waals surface area contributed by atoms with Crippen LogP contribution in [-0.2, 0) is 10.5 Å². The first kappa shape index (κ1) is 15.3. The van der Waals surface area contributed by atoms with E-state index in [9.17, 15) is 4.79 Å². The molecule has 1 heterocycles. The van der Waals surface area contributed by atoms with E-state index in [1.807, 2.05) is 13.8 Å². The zero-order valence-electron chi connectivity index (χ0n) is 12.2. The van der Waals surface area contributed by atoms with Crippen LogP contribution in [-0.4, -0.2) is 37.9 Å². The topological polar surface area (TPSA) is 72.7 Å². The predicted molar refractivity (Wildman–Crippen MR) is 79.4 cm³/mol. The predicted octanol–water partition coefficient (Wildman–Crippen LogP) is 1.94. The molecule has 1 aromatic heterocycles. The third kappa shape index (κ3) is 4.47. The van der Waals surface area contributed by atoms with Crippen LogP contribution in [0.3, 0.4) is 0 Å². The van der Waals surface area contributed by atoms with Crippen molar-refractivity contribution in [2.24, 2.45) is 0 Å². The zero-order chi connectivity index (χ0) is 14.4.